The predicted molar refractivity (Wildman–Crippen MR) is 147 cm³/mol. The summed E-state index contributed by atoms with van der Waals surface area (Å²) in [5.41, 5.74) is 3.90. The van der Waals surface area contributed by atoms with Crippen LogP contribution in [-0.4, -0.2) is 23.8 Å². The molecule has 0 heterocycles. The molecule has 0 fully saturated rings. The van der Waals surface area contributed by atoms with Crippen LogP contribution in [0.4, 0.5) is 11.4 Å². The first-order chi connectivity index (χ1) is 17.9. The number of hydrogen-bond acceptors (Lipinski definition) is 3. The normalized spacial score (nSPS) is 11.4. The molecular formula is C31H29N3O3. The number of amides is 3. The van der Waals surface area contributed by atoms with Gasteiger partial charge in [-0.3, -0.25) is 14.4 Å². The molecule has 0 aliphatic heterocycles. The molecule has 0 aliphatic rings. The quantitative estimate of drug-likeness (QED) is 0.283. The van der Waals surface area contributed by atoms with Crippen molar-refractivity contribution in [2.45, 2.75) is 19.9 Å². The summed E-state index contributed by atoms with van der Waals surface area (Å²) < 4.78 is 0. The Hall–Kier alpha value is -4.71. The maximum Gasteiger partial charge on any atom is 0.255 e. The van der Waals surface area contributed by atoms with E-state index in [-0.39, 0.29) is 23.3 Å². The number of rotatable bonds is 8. The molecule has 4 aromatic rings. The Kier molecular flexibility index (Phi) is 8.11. The van der Waals surface area contributed by atoms with E-state index < -0.39 is 11.9 Å². The molecule has 0 unspecified atom stereocenters. The molecule has 4 rings (SSSR count). The Morgan fingerprint density at radius 2 is 1.16 bits per heavy atom. The fourth-order valence-corrected chi connectivity index (χ4v) is 3.92. The third-order valence-corrected chi connectivity index (χ3v) is 5.95. The van der Waals surface area contributed by atoms with Crippen LogP contribution in [0.2, 0.25) is 0 Å². The van der Waals surface area contributed by atoms with Gasteiger partial charge in [0, 0.05) is 11.3 Å². The summed E-state index contributed by atoms with van der Waals surface area (Å²) in [5, 5.41) is 8.54. The van der Waals surface area contributed by atoms with Crippen LogP contribution in [0, 0.1) is 5.92 Å². The zero-order chi connectivity index (χ0) is 26.2. The van der Waals surface area contributed by atoms with Crippen LogP contribution in [0.25, 0.3) is 11.1 Å². The SMILES string of the molecule is CC(C)[C@H](NC(=O)c1ccccc1NC(=O)c1ccccc1)C(=O)Nc1ccc(-c2ccccc2)cc1. The summed E-state index contributed by atoms with van der Waals surface area (Å²) >= 11 is 0. The lowest BCUT2D eigenvalue weighted by Gasteiger charge is -2.22. The average Bonchev–Trinajstić information content (AvgIpc) is 2.93. The van der Waals surface area contributed by atoms with E-state index >= 15 is 0 Å². The molecule has 37 heavy (non-hydrogen) atoms. The van der Waals surface area contributed by atoms with Crippen LogP contribution in [-0.2, 0) is 4.79 Å². The maximum atomic E-state index is 13.2. The fourth-order valence-electron chi connectivity index (χ4n) is 3.92. The number of carbonyl (C=O) groups excluding carboxylic acids is 3. The van der Waals surface area contributed by atoms with E-state index in [1.165, 1.54) is 0 Å². The Morgan fingerprint density at radius 1 is 0.595 bits per heavy atom. The van der Waals surface area contributed by atoms with Crippen molar-refractivity contribution in [2.75, 3.05) is 10.6 Å². The van der Waals surface area contributed by atoms with Crippen LogP contribution in [0.15, 0.2) is 109 Å². The van der Waals surface area contributed by atoms with Gasteiger partial charge in [0.1, 0.15) is 6.04 Å². The minimum Gasteiger partial charge on any atom is -0.340 e. The number of benzene rings is 4. The van der Waals surface area contributed by atoms with Crippen LogP contribution < -0.4 is 16.0 Å². The number of carbonyl (C=O) groups is 3. The van der Waals surface area contributed by atoms with Crippen molar-refractivity contribution < 1.29 is 14.4 Å². The van der Waals surface area contributed by atoms with Crippen molar-refractivity contribution in [2.24, 2.45) is 5.92 Å². The van der Waals surface area contributed by atoms with Gasteiger partial charge in [-0.25, -0.2) is 0 Å². The van der Waals surface area contributed by atoms with Gasteiger partial charge >= 0.3 is 0 Å². The van der Waals surface area contributed by atoms with Crippen molar-refractivity contribution in [3.63, 3.8) is 0 Å². The number of para-hydroxylation sites is 1. The molecule has 0 aliphatic carbocycles. The highest BCUT2D eigenvalue weighted by Gasteiger charge is 2.26. The molecule has 0 bridgehead atoms. The van der Waals surface area contributed by atoms with E-state index in [1.54, 1.807) is 48.5 Å². The molecule has 1 atom stereocenters. The van der Waals surface area contributed by atoms with Crippen LogP contribution in [0.5, 0.6) is 0 Å². The smallest absolute Gasteiger partial charge is 0.255 e. The summed E-state index contributed by atoms with van der Waals surface area (Å²) in [6, 6.07) is 32.3. The lowest BCUT2D eigenvalue weighted by Crippen LogP contribution is -2.47. The second kappa shape index (κ2) is 11.8. The first kappa shape index (κ1) is 25.4. The number of nitrogens with one attached hydrogen (secondary N) is 3. The topological polar surface area (TPSA) is 87.3 Å². The Labute approximate surface area is 216 Å². The van der Waals surface area contributed by atoms with Crippen LogP contribution in [0.1, 0.15) is 34.6 Å². The third kappa shape index (κ3) is 6.49. The second-order valence-corrected chi connectivity index (χ2v) is 8.99. The molecule has 0 aromatic heterocycles. The lowest BCUT2D eigenvalue weighted by atomic mass is 10.0. The van der Waals surface area contributed by atoms with Crippen molar-refractivity contribution in [1.29, 1.82) is 0 Å². The van der Waals surface area contributed by atoms with Gasteiger partial charge in [-0.15, -0.1) is 0 Å². The van der Waals surface area contributed by atoms with E-state index in [0.29, 0.717) is 16.9 Å². The minimum atomic E-state index is -0.779. The highest BCUT2D eigenvalue weighted by atomic mass is 16.2. The molecule has 3 amide bonds. The first-order valence-corrected chi connectivity index (χ1v) is 12.1. The Balaban J connectivity index is 1.45. The van der Waals surface area contributed by atoms with Gasteiger partial charge in [0.2, 0.25) is 5.91 Å². The summed E-state index contributed by atoms with van der Waals surface area (Å²) in [6.07, 6.45) is 0. The molecule has 0 radical (unpaired) electrons. The molecule has 6 heteroatoms. The summed E-state index contributed by atoms with van der Waals surface area (Å²) in [5.74, 6) is -1.25. The summed E-state index contributed by atoms with van der Waals surface area (Å²) in [7, 11) is 0. The van der Waals surface area contributed by atoms with Gasteiger partial charge in [-0.05, 0) is 53.4 Å². The predicted octanol–water partition coefficient (Wildman–Crippen LogP) is 6.00. The van der Waals surface area contributed by atoms with Gasteiger partial charge in [-0.1, -0.05) is 86.6 Å². The van der Waals surface area contributed by atoms with E-state index in [1.807, 2.05) is 74.5 Å². The summed E-state index contributed by atoms with van der Waals surface area (Å²) in [6.45, 7) is 3.73. The van der Waals surface area contributed by atoms with Crippen LogP contribution >= 0.6 is 0 Å². The van der Waals surface area contributed by atoms with E-state index in [0.717, 1.165) is 11.1 Å². The van der Waals surface area contributed by atoms with Crippen molar-refractivity contribution in [1.82, 2.24) is 5.32 Å². The van der Waals surface area contributed by atoms with Gasteiger partial charge in [-0.2, -0.15) is 0 Å². The molecule has 0 spiro atoms. The lowest BCUT2D eigenvalue weighted by molar-refractivity contribution is -0.118. The van der Waals surface area contributed by atoms with Gasteiger partial charge in [0.25, 0.3) is 11.8 Å². The molecule has 6 nitrogen and oxygen atoms in total. The zero-order valence-electron chi connectivity index (χ0n) is 20.8. The first-order valence-electron chi connectivity index (χ1n) is 12.1. The van der Waals surface area contributed by atoms with E-state index in [4.69, 9.17) is 0 Å². The monoisotopic (exact) mass is 491 g/mol. The largest absolute Gasteiger partial charge is 0.340 e. The second-order valence-electron chi connectivity index (χ2n) is 8.99. The van der Waals surface area contributed by atoms with Gasteiger partial charge < -0.3 is 16.0 Å². The molecule has 0 saturated heterocycles. The maximum absolute atomic E-state index is 13.2. The number of hydrogen-bond donors (Lipinski definition) is 3. The molecule has 4 aromatic carbocycles. The summed E-state index contributed by atoms with van der Waals surface area (Å²) in [4.78, 5) is 39.0. The van der Waals surface area contributed by atoms with E-state index in [2.05, 4.69) is 16.0 Å². The van der Waals surface area contributed by atoms with Crippen molar-refractivity contribution >= 4 is 29.1 Å². The highest BCUT2D eigenvalue weighted by molar-refractivity contribution is 6.10. The molecular weight excluding hydrogens is 462 g/mol. The molecule has 0 saturated carbocycles. The highest BCUT2D eigenvalue weighted by Crippen LogP contribution is 2.22. The molecule has 3 N–H and O–H groups in total. The molecule has 186 valence electrons. The van der Waals surface area contributed by atoms with Crippen molar-refractivity contribution in [3.05, 3.63) is 120 Å². The standard InChI is InChI=1S/C31H29N3O3/c1-21(2)28(31(37)32-25-19-17-23(18-20-25)22-11-5-3-6-12-22)34-30(36)26-15-9-10-16-27(26)33-29(35)24-13-7-4-8-14-24/h3-21,28H,1-2H3,(H,32,37)(H,33,35)(H,34,36)/t28-/m0/s1. The Morgan fingerprint density at radius 3 is 1.81 bits per heavy atom. The average molecular weight is 492 g/mol. The third-order valence-electron chi connectivity index (χ3n) is 5.95. The van der Waals surface area contributed by atoms with Crippen LogP contribution in [0.3, 0.4) is 0 Å². The fraction of sp³-hybridized carbons (Fsp3) is 0.129. The zero-order valence-corrected chi connectivity index (χ0v) is 20.8. The Bertz CT molecular complexity index is 1370. The van der Waals surface area contributed by atoms with Crippen molar-refractivity contribution in [3.8, 4) is 11.1 Å². The minimum absolute atomic E-state index is 0.168. The van der Waals surface area contributed by atoms with E-state index in [9.17, 15) is 14.4 Å². The van der Waals surface area contributed by atoms with Gasteiger partial charge in [0.05, 0.1) is 11.3 Å². The van der Waals surface area contributed by atoms with Gasteiger partial charge in [0.15, 0.2) is 0 Å². The number of anilines is 2.